The number of benzene rings is 2. The standard InChI is InChI=1S/C31H38N4O2/c1-31(2,37)18-14-24-10-12-26(13-11-24)23-35-20-15-27(16-21-35)29(22-25-8-6-5-7-9-25)34(4)30(36)28-17-19-33(3)32-28/h5-13,17,19,27,29,37H,15-16,20-23H2,1-4H3. The van der Waals surface area contributed by atoms with Crippen molar-refractivity contribution < 1.29 is 9.90 Å². The van der Waals surface area contributed by atoms with Gasteiger partial charge in [-0.2, -0.15) is 5.10 Å². The van der Waals surface area contributed by atoms with E-state index in [9.17, 15) is 9.90 Å². The molecule has 1 aromatic heterocycles. The summed E-state index contributed by atoms with van der Waals surface area (Å²) in [5.74, 6) is 6.30. The van der Waals surface area contributed by atoms with Crippen LogP contribution in [0.4, 0.5) is 0 Å². The van der Waals surface area contributed by atoms with E-state index < -0.39 is 5.60 Å². The molecule has 1 N–H and O–H groups in total. The van der Waals surface area contributed by atoms with E-state index in [1.165, 1.54) is 11.1 Å². The number of hydrogen-bond donors (Lipinski definition) is 1. The first-order chi connectivity index (χ1) is 17.7. The first-order valence-electron chi connectivity index (χ1n) is 13.1. The summed E-state index contributed by atoms with van der Waals surface area (Å²) < 4.78 is 1.68. The van der Waals surface area contributed by atoms with E-state index in [2.05, 4.69) is 58.2 Å². The number of amides is 1. The summed E-state index contributed by atoms with van der Waals surface area (Å²) in [5.41, 5.74) is 2.93. The number of piperidine rings is 1. The lowest BCUT2D eigenvalue weighted by atomic mass is 9.84. The third-order valence-electron chi connectivity index (χ3n) is 7.09. The fraction of sp³-hybridized carbons (Fsp3) is 0.419. The number of aromatic nitrogens is 2. The Labute approximate surface area is 220 Å². The summed E-state index contributed by atoms with van der Waals surface area (Å²) >= 11 is 0. The van der Waals surface area contributed by atoms with Gasteiger partial charge in [-0.3, -0.25) is 14.4 Å². The topological polar surface area (TPSA) is 61.6 Å². The Morgan fingerprint density at radius 3 is 2.35 bits per heavy atom. The van der Waals surface area contributed by atoms with Crippen LogP contribution in [0.15, 0.2) is 66.9 Å². The Hall–Kier alpha value is -3.40. The molecule has 0 spiro atoms. The highest BCUT2D eigenvalue weighted by atomic mass is 16.3. The quantitative estimate of drug-likeness (QED) is 0.498. The van der Waals surface area contributed by atoms with Gasteiger partial charge >= 0.3 is 0 Å². The minimum atomic E-state index is -0.988. The van der Waals surface area contributed by atoms with Crippen LogP contribution in [0.25, 0.3) is 0 Å². The lowest BCUT2D eigenvalue weighted by Crippen LogP contribution is -2.47. The zero-order valence-corrected chi connectivity index (χ0v) is 22.4. The molecule has 37 heavy (non-hydrogen) atoms. The second-order valence-corrected chi connectivity index (χ2v) is 10.7. The average Bonchev–Trinajstić information content (AvgIpc) is 3.33. The third-order valence-corrected chi connectivity index (χ3v) is 7.09. The molecule has 2 aromatic carbocycles. The minimum absolute atomic E-state index is 0.0169. The molecule has 1 atom stereocenters. The van der Waals surface area contributed by atoms with E-state index in [1.54, 1.807) is 24.6 Å². The van der Waals surface area contributed by atoms with Crippen LogP contribution in [0.3, 0.4) is 0 Å². The van der Waals surface area contributed by atoms with E-state index >= 15 is 0 Å². The lowest BCUT2D eigenvalue weighted by Gasteiger charge is -2.40. The highest BCUT2D eigenvalue weighted by Crippen LogP contribution is 2.28. The van der Waals surface area contributed by atoms with Crippen LogP contribution in [0, 0.1) is 17.8 Å². The number of aryl methyl sites for hydroxylation is 1. The Morgan fingerprint density at radius 1 is 1.08 bits per heavy atom. The molecule has 6 nitrogen and oxygen atoms in total. The van der Waals surface area contributed by atoms with Crippen molar-refractivity contribution >= 4 is 5.91 Å². The van der Waals surface area contributed by atoms with Gasteiger partial charge in [0.05, 0.1) is 0 Å². The molecule has 1 aliphatic heterocycles. The van der Waals surface area contributed by atoms with Gasteiger partial charge in [0.1, 0.15) is 11.3 Å². The van der Waals surface area contributed by atoms with Crippen LogP contribution in [0.1, 0.15) is 53.9 Å². The molecular formula is C31H38N4O2. The second-order valence-electron chi connectivity index (χ2n) is 10.7. The van der Waals surface area contributed by atoms with Crippen molar-refractivity contribution in [2.75, 3.05) is 20.1 Å². The Morgan fingerprint density at radius 2 is 1.76 bits per heavy atom. The van der Waals surface area contributed by atoms with Gasteiger partial charge in [0, 0.05) is 38.4 Å². The number of nitrogens with zero attached hydrogens (tertiary/aromatic N) is 4. The molecule has 0 bridgehead atoms. The number of carbonyl (C=O) groups excluding carboxylic acids is 1. The van der Waals surface area contributed by atoms with E-state index in [4.69, 9.17) is 0 Å². The molecule has 6 heteroatoms. The van der Waals surface area contributed by atoms with Gasteiger partial charge < -0.3 is 10.0 Å². The summed E-state index contributed by atoms with van der Waals surface area (Å²) in [6.07, 6.45) is 4.75. The Bertz CT molecular complexity index is 1220. The van der Waals surface area contributed by atoms with Crippen molar-refractivity contribution in [2.24, 2.45) is 13.0 Å². The van der Waals surface area contributed by atoms with Crippen molar-refractivity contribution in [3.05, 3.63) is 89.2 Å². The van der Waals surface area contributed by atoms with Gasteiger partial charge in [0.25, 0.3) is 5.91 Å². The maximum absolute atomic E-state index is 13.3. The number of likely N-dealkylation sites (tertiary alicyclic amines) is 1. The van der Waals surface area contributed by atoms with Crippen LogP contribution in [0.5, 0.6) is 0 Å². The van der Waals surface area contributed by atoms with Crippen LogP contribution >= 0.6 is 0 Å². The van der Waals surface area contributed by atoms with Gasteiger partial charge in [-0.05, 0) is 81.4 Å². The van der Waals surface area contributed by atoms with E-state index in [1.807, 2.05) is 43.4 Å². The smallest absolute Gasteiger partial charge is 0.274 e. The maximum atomic E-state index is 13.3. The lowest BCUT2D eigenvalue weighted by molar-refractivity contribution is 0.0579. The molecule has 1 saturated heterocycles. The summed E-state index contributed by atoms with van der Waals surface area (Å²) in [4.78, 5) is 17.7. The molecule has 1 amide bonds. The van der Waals surface area contributed by atoms with E-state index in [0.29, 0.717) is 11.6 Å². The molecule has 1 unspecified atom stereocenters. The molecular weight excluding hydrogens is 460 g/mol. The number of carbonyl (C=O) groups is 1. The molecule has 1 aliphatic rings. The molecule has 0 saturated carbocycles. The second kappa shape index (κ2) is 11.8. The Kier molecular flexibility index (Phi) is 8.48. The maximum Gasteiger partial charge on any atom is 0.274 e. The monoisotopic (exact) mass is 498 g/mol. The highest BCUT2D eigenvalue weighted by Gasteiger charge is 2.32. The van der Waals surface area contributed by atoms with Gasteiger partial charge in [-0.25, -0.2) is 0 Å². The van der Waals surface area contributed by atoms with Gasteiger partial charge in [0.15, 0.2) is 0 Å². The predicted octanol–water partition coefficient (Wildman–Crippen LogP) is 4.14. The normalized spacial score (nSPS) is 15.6. The van der Waals surface area contributed by atoms with Crippen molar-refractivity contribution in [3.63, 3.8) is 0 Å². The first kappa shape index (κ1) is 26.7. The molecule has 194 valence electrons. The van der Waals surface area contributed by atoms with Gasteiger partial charge in [-0.1, -0.05) is 54.3 Å². The first-order valence-corrected chi connectivity index (χ1v) is 13.1. The summed E-state index contributed by atoms with van der Waals surface area (Å²) in [6.45, 7) is 6.28. The highest BCUT2D eigenvalue weighted by molar-refractivity contribution is 5.92. The van der Waals surface area contributed by atoms with Crippen LogP contribution in [-0.4, -0.2) is 62.4 Å². The molecule has 2 heterocycles. The van der Waals surface area contributed by atoms with E-state index in [0.717, 1.165) is 44.5 Å². The number of aliphatic hydroxyl groups is 1. The summed E-state index contributed by atoms with van der Waals surface area (Å²) in [7, 11) is 3.77. The van der Waals surface area contributed by atoms with Crippen molar-refractivity contribution in [1.29, 1.82) is 0 Å². The molecule has 3 aromatic rings. The SMILES string of the molecule is CN(C(=O)c1ccn(C)n1)C(Cc1ccccc1)C1CCN(Cc2ccc(C#CC(C)(C)O)cc2)CC1. The van der Waals surface area contributed by atoms with Gasteiger partial charge in [0.2, 0.25) is 0 Å². The number of likely N-dealkylation sites (N-methyl/N-ethyl adjacent to an activating group) is 1. The van der Waals surface area contributed by atoms with Crippen molar-refractivity contribution in [1.82, 2.24) is 19.6 Å². The zero-order valence-electron chi connectivity index (χ0n) is 22.4. The Balaban J connectivity index is 1.40. The number of rotatable bonds is 7. The fourth-order valence-corrected chi connectivity index (χ4v) is 5.01. The number of hydrogen-bond acceptors (Lipinski definition) is 4. The van der Waals surface area contributed by atoms with Gasteiger partial charge in [-0.15, -0.1) is 0 Å². The fourth-order valence-electron chi connectivity index (χ4n) is 5.01. The molecule has 1 fully saturated rings. The van der Waals surface area contributed by atoms with Crippen LogP contribution < -0.4 is 0 Å². The third kappa shape index (κ3) is 7.55. The summed E-state index contributed by atoms with van der Waals surface area (Å²) in [6, 6.07) is 20.7. The molecule has 4 rings (SSSR count). The van der Waals surface area contributed by atoms with E-state index in [-0.39, 0.29) is 11.9 Å². The van der Waals surface area contributed by atoms with Crippen LogP contribution in [0.2, 0.25) is 0 Å². The van der Waals surface area contributed by atoms with Crippen LogP contribution in [-0.2, 0) is 20.0 Å². The zero-order chi connectivity index (χ0) is 26.4. The summed E-state index contributed by atoms with van der Waals surface area (Å²) in [5, 5.41) is 14.2. The largest absolute Gasteiger partial charge is 0.378 e. The van der Waals surface area contributed by atoms with Crippen molar-refractivity contribution in [3.8, 4) is 11.8 Å². The minimum Gasteiger partial charge on any atom is -0.378 e. The molecule has 0 aliphatic carbocycles. The van der Waals surface area contributed by atoms with Crippen molar-refractivity contribution in [2.45, 2.75) is 51.3 Å². The average molecular weight is 499 g/mol. The predicted molar refractivity (Wildman–Crippen MR) is 147 cm³/mol. The molecule has 0 radical (unpaired) electrons.